The van der Waals surface area contributed by atoms with E-state index in [2.05, 4.69) is 25.0 Å². The third-order valence-electron chi connectivity index (χ3n) is 5.43. The van der Waals surface area contributed by atoms with E-state index in [1.165, 1.54) is 4.31 Å². The van der Waals surface area contributed by atoms with Gasteiger partial charge in [-0.15, -0.1) is 10.2 Å². The highest BCUT2D eigenvalue weighted by molar-refractivity contribution is 7.89. The lowest BCUT2D eigenvalue weighted by atomic mass is 10.3. The van der Waals surface area contributed by atoms with Gasteiger partial charge in [0.05, 0.1) is 13.2 Å². The summed E-state index contributed by atoms with van der Waals surface area (Å²) in [5.74, 6) is 2.32. The minimum Gasteiger partial charge on any atom is -0.378 e. The second-order valence-corrected chi connectivity index (χ2v) is 9.04. The molecule has 0 N–H and O–H groups in total. The molecule has 0 unspecified atom stereocenters. The Hall–Kier alpha value is -2.24. The van der Waals surface area contributed by atoms with Crippen molar-refractivity contribution >= 4 is 21.7 Å². The third kappa shape index (κ3) is 4.07. The van der Waals surface area contributed by atoms with Crippen molar-refractivity contribution in [1.82, 2.24) is 24.1 Å². The van der Waals surface area contributed by atoms with E-state index >= 15 is 0 Å². The molecule has 0 atom stereocenters. The van der Waals surface area contributed by atoms with Gasteiger partial charge in [-0.05, 0) is 26.0 Å². The molecule has 158 valence electrons. The number of hydrogen-bond donors (Lipinski definition) is 0. The van der Waals surface area contributed by atoms with Crippen LogP contribution in [0.5, 0.6) is 0 Å². The van der Waals surface area contributed by atoms with Crippen LogP contribution in [0.1, 0.15) is 12.7 Å². The van der Waals surface area contributed by atoms with Crippen LogP contribution in [-0.4, -0.2) is 85.0 Å². The molecule has 11 heteroatoms. The van der Waals surface area contributed by atoms with E-state index < -0.39 is 10.0 Å². The zero-order valence-electron chi connectivity index (χ0n) is 16.9. The highest BCUT2D eigenvalue weighted by Gasteiger charge is 2.31. The Morgan fingerprint density at radius 2 is 1.55 bits per heavy atom. The first kappa shape index (κ1) is 20.0. The van der Waals surface area contributed by atoms with Crippen molar-refractivity contribution < 1.29 is 13.2 Å². The molecule has 0 amide bonds. The lowest BCUT2D eigenvalue weighted by Gasteiger charge is -2.34. The first-order chi connectivity index (χ1) is 14.0. The minimum absolute atomic E-state index is 0.125. The third-order valence-corrected chi connectivity index (χ3v) is 7.20. The van der Waals surface area contributed by atoms with Gasteiger partial charge < -0.3 is 19.1 Å². The van der Waals surface area contributed by atoms with Crippen LogP contribution in [0, 0.1) is 6.92 Å². The summed E-state index contributed by atoms with van der Waals surface area (Å²) in [6, 6.07) is 3.92. The van der Waals surface area contributed by atoms with E-state index in [4.69, 9.17) is 4.74 Å². The lowest BCUT2D eigenvalue weighted by molar-refractivity contribution is 0.122. The normalized spacial score (nSPS) is 19.0. The number of imidazole rings is 1. The highest BCUT2D eigenvalue weighted by atomic mass is 32.2. The molecule has 10 nitrogen and oxygen atoms in total. The Morgan fingerprint density at radius 1 is 0.966 bits per heavy atom. The maximum atomic E-state index is 12.9. The van der Waals surface area contributed by atoms with Crippen LogP contribution >= 0.6 is 0 Å². The summed E-state index contributed by atoms with van der Waals surface area (Å²) in [5.41, 5.74) is 0. The standard InChI is InChI=1S/C18H27N7O3S/c1-3-22-14-18(19-15(22)2)29(26,27)25-8-6-23(7-9-25)16-4-5-17(21-20-16)24-10-12-28-13-11-24/h4-5,14H,3,6-13H2,1-2H3. The summed E-state index contributed by atoms with van der Waals surface area (Å²) < 4.78 is 34.5. The van der Waals surface area contributed by atoms with Gasteiger partial charge in [-0.25, -0.2) is 13.4 Å². The van der Waals surface area contributed by atoms with E-state index in [0.29, 0.717) is 51.8 Å². The fraction of sp³-hybridized carbons (Fsp3) is 0.611. The Balaban J connectivity index is 1.39. The number of anilines is 2. The second-order valence-electron chi connectivity index (χ2n) is 7.15. The molecule has 2 aliphatic rings. The summed E-state index contributed by atoms with van der Waals surface area (Å²) in [4.78, 5) is 8.47. The van der Waals surface area contributed by atoms with Crippen LogP contribution in [0.3, 0.4) is 0 Å². The van der Waals surface area contributed by atoms with Gasteiger partial charge in [0, 0.05) is 52.0 Å². The van der Waals surface area contributed by atoms with Gasteiger partial charge in [-0.2, -0.15) is 4.31 Å². The zero-order chi connectivity index (χ0) is 20.4. The Kier molecular flexibility index (Phi) is 5.70. The average molecular weight is 422 g/mol. The quantitative estimate of drug-likeness (QED) is 0.682. The monoisotopic (exact) mass is 421 g/mol. The topological polar surface area (TPSA) is 96.7 Å². The van der Waals surface area contributed by atoms with Crippen LogP contribution in [0.25, 0.3) is 0 Å². The van der Waals surface area contributed by atoms with Gasteiger partial charge in [0.25, 0.3) is 10.0 Å². The Morgan fingerprint density at radius 3 is 2.07 bits per heavy atom. The highest BCUT2D eigenvalue weighted by Crippen LogP contribution is 2.21. The molecule has 2 aromatic rings. The summed E-state index contributed by atoms with van der Waals surface area (Å²) in [6.45, 7) is 9.45. The minimum atomic E-state index is -3.58. The smallest absolute Gasteiger partial charge is 0.262 e. The lowest BCUT2D eigenvalue weighted by Crippen LogP contribution is -2.49. The summed E-state index contributed by atoms with van der Waals surface area (Å²) in [7, 11) is -3.58. The number of hydrogen-bond acceptors (Lipinski definition) is 8. The molecule has 2 saturated heterocycles. The van der Waals surface area contributed by atoms with Crippen molar-refractivity contribution in [1.29, 1.82) is 0 Å². The molecule has 0 aliphatic carbocycles. The average Bonchev–Trinajstić information content (AvgIpc) is 3.16. The molecule has 0 saturated carbocycles. The van der Waals surface area contributed by atoms with Gasteiger partial charge in [0.15, 0.2) is 16.7 Å². The van der Waals surface area contributed by atoms with Crippen molar-refractivity contribution in [3.63, 3.8) is 0 Å². The van der Waals surface area contributed by atoms with E-state index in [1.54, 1.807) is 6.20 Å². The van der Waals surface area contributed by atoms with Crippen molar-refractivity contribution in [3.8, 4) is 0 Å². The second kappa shape index (κ2) is 8.25. The Bertz CT molecular complexity index is 931. The number of aryl methyl sites for hydroxylation is 2. The maximum Gasteiger partial charge on any atom is 0.262 e. The molecule has 0 bridgehead atoms. The van der Waals surface area contributed by atoms with Gasteiger partial charge in [0.1, 0.15) is 5.82 Å². The summed E-state index contributed by atoms with van der Waals surface area (Å²) in [5, 5.41) is 8.83. The van der Waals surface area contributed by atoms with E-state index in [9.17, 15) is 8.42 Å². The molecule has 0 aromatic carbocycles. The fourth-order valence-corrected chi connectivity index (χ4v) is 5.08. The van der Waals surface area contributed by atoms with E-state index in [1.807, 2.05) is 30.5 Å². The number of morpholine rings is 1. The molecule has 29 heavy (non-hydrogen) atoms. The number of aromatic nitrogens is 4. The predicted molar refractivity (Wildman–Crippen MR) is 109 cm³/mol. The Labute approximate surface area is 171 Å². The largest absolute Gasteiger partial charge is 0.378 e. The van der Waals surface area contributed by atoms with Gasteiger partial charge >= 0.3 is 0 Å². The van der Waals surface area contributed by atoms with Gasteiger partial charge in [0.2, 0.25) is 0 Å². The first-order valence-corrected chi connectivity index (χ1v) is 11.4. The number of nitrogens with zero attached hydrogens (tertiary/aromatic N) is 7. The van der Waals surface area contributed by atoms with Crippen molar-refractivity contribution in [3.05, 3.63) is 24.2 Å². The summed E-state index contributed by atoms with van der Waals surface area (Å²) >= 11 is 0. The maximum absolute atomic E-state index is 12.9. The predicted octanol–water partition coefficient (Wildman–Crippen LogP) is 0.349. The van der Waals surface area contributed by atoms with E-state index in [-0.39, 0.29) is 5.03 Å². The van der Waals surface area contributed by atoms with Gasteiger partial charge in [-0.1, -0.05) is 0 Å². The van der Waals surface area contributed by atoms with Crippen LogP contribution < -0.4 is 9.80 Å². The number of ether oxygens (including phenoxy) is 1. The molecular formula is C18H27N7O3S. The van der Waals surface area contributed by atoms with Crippen molar-refractivity contribution in [2.24, 2.45) is 0 Å². The molecule has 2 fully saturated rings. The first-order valence-electron chi connectivity index (χ1n) is 9.94. The molecule has 2 aromatic heterocycles. The van der Waals surface area contributed by atoms with Gasteiger partial charge in [-0.3, -0.25) is 0 Å². The molecule has 2 aliphatic heterocycles. The number of rotatable bonds is 5. The van der Waals surface area contributed by atoms with Crippen LogP contribution in [0.15, 0.2) is 23.4 Å². The molecule has 0 spiro atoms. The van der Waals surface area contributed by atoms with Crippen molar-refractivity contribution in [2.75, 3.05) is 62.3 Å². The van der Waals surface area contributed by atoms with Crippen molar-refractivity contribution in [2.45, 2.75) is 25.4 Å². The molecule has 0 radical (unpaired) electrons. The number of piperazine rings is 1. The molecular weight excluding hydrogens is 394 g/mol. The zero-order valence-corrected chi connectivity index (χ0v) is 17.7. The SMILES string of the molecule is CCn1cc(S(=O)(=O)N2CCN(c3ccc(N4CCOCC4)nn3)CC2)nc1C. The van der Waals surface area contributed by atoms with Crippen LogP contribution in [0.2, 0.25) is 0 Å². The summed E-state index contributed by atoms with van der Waals surface area (Å²) in [6.07, 6.45) is 1.62. The molecule has 4 rings (SSSR count). The molecule has 4 heterocycles. The number of sulfonamides is 1. The van der Waals surface area contributed by atoms with E-state index in [0.717, 1.165) is 24.7 Å². The fourth-order valence-electron chi connectivity index (χ4n) is 3.66. The van der Waals surface area contributed by atoms with Crippen LogP contribution in [0.4, 0.5) is 11.6 Å². The van der Waals surface area contributed by atoms with Crippen LogP contribution in [-0.2, 0) is 21.3 Å².